The maximum Gasteiger partial charge on any atom is 0.332 e. The topological polar surface area (TPSA) is 46.5 Å². The lowest BCUT2D eigenvalue weighted by molar-refractivity contribution is -0.131. The predicted molar refractivity (Wildman–Crippen MR) is 87.3 cm³/mol. The van der Waals surface area contributed by atoms with E-state index in [0.29, 0.717) is 12.4 Å². The van der Waals surface area contributed by atoms with Crippen LogP contribution in [-0.4, -0.2) is 17.7 Å². The van der Waals surface area contributed by atoms with Gasteiger partial charge in [-0.1, -0.05) is 60.7 Å². The Bertz CT molecular complexity index is 629. The Morgan fingerprint density at radius 2 is 1.45 bits per heavy atom. The number of aliphatic carboxylic acids is 1. The first kappa shape index (κ1) is 15.6. The molecule has 0 aromatic heterocycles. The fraction of sp³-hybridized carbons (Fsp3) is 0.105. The minimum absolute atomic E-state index is 0.331. The number of hydrogen-bond donors (Lipinski definition) is 1. The number of hydrogen-bond acceptors (Lipinski definition) is 2. The Kier molecular flexibility index (Phi) is 5.55. The molecule has 0 radical (unpaired) electrons. The van der Waals surface area contributed by atoms with Crippen LogP contribution in [0, 0.1) is 0 Å². The van der Waals surface area contributed by atoms with Crippen molar-refractivity contribution in [2.75, 3.05) is 6.61 Å². The fourth-order valence-electron chi connectivity index (χ4n) is 2.12. The van der Waals surface area contributed by atoms with Gasteiger partial charge < -0.3 is 9.84 Å². The van der Waals surface area contributed by atoms with Crippen molar-refractivity contribution in [2.24, 2.45) is 0 Å². The molecule has 0 amide bonds. The molecule has 0 spiro atoms. The summed E-state index contributed by atoms with van der Waals surface area (Å²) in [5, 5.41) is 8.98. The standard InChI is InChI=1S/C19H18O3/c1-2-22-17(14-19(20)21)13-18(15-9-5-3-6-10-15)16-11-7-4-8-12-16/h3-14H,2H2,1H3,(H,20,21)/b17-14+. The van der Waals surface area contributed by atoms with E-state index in [9.17, 15) is 4.79 Å². The summed E-state index contributed by atoms with van der Waals surface area (Å²) in [5.41, 5.74) is 2.93. The molecule has 22 heavy (non-hydrogen) atoms. The fourth-order valence-corrected chi connectivity index (χ4v) is 2.12. The van der Waals surface area contributed by atoms with Gasteiger partial charge in [0.05, 0.1) is 12.7 Å². The van der Waals surface area contributed by atoms with E-state index < -0.39 is 5.97 Å². The Labute approximate surface area is 130 Å². The van der Waals surface area contributed by atoms with Gasteiger partial charge in [-0.3, -0.25) is 0 Å². The number of carboxylic acids is 1. The van der Waals surface area contributed by atoms with Crippen molar-refractivity contribution < 1.29 is 14.6 Å². The second-order valence-electron chi connectivity index (χ2n) is 4.61. The highest BCUT2D eigenvalue weighted by molar-refractivity contribution is 5.84. The molecule has 3 heteroatoms. The predicted octanol–water partition coefficient (Wildman–Crippen LogP) is 4.12. The van der Waals surface area contributed by atoms with E-state index in [2.05, 4.69) is 0 Å². The zero-order valence-corrected chi connectivity index (χ0v) is 12.4. The Hall–Kier alpha value is -2.81. The van der Waals surface area contributed by atoms with Crippen LogP contribution < -0.4 is 0 Å². The molecule has 0 saturated carbocycles. The lowest BCUT2D eigenvalue weighted by atomic mass is 9.97. The second kappa shape index (κ2) is 7.84. The number of carbonyl (C=O) groups is 1. The first-order valence-electron chi connectivity index (χ1n) is 7.10. The van der Waals surface area contributed by atoms with Gasteiger partial charge in [0.1, 0.15) is 5.76 Å². The minimum Gasteiger partial charge on any atom is -0.494 e. The summed E-state index contributed by atoms with van der Waals surface area (Å²) in [6.45, 7) is 2.24. The molecule has 2 aromatic carbocycles. The Balaban J connectivity index is 2.53. The number of allylic oxidation sites excluding steroid dienone is 1. The molecule has 0 bridgehead atoms. The molecule has 0 aliphatic heterocycles. The Morgan fingerprint density at radius 3 is 1.86 bits per heavy atom. The van der Waals surface area contributed by atoms with E-state index >= 15 is 0 Å². The van der Waals surface area contributed by atoms with E-state index in [0.717, 1.165) is 22.8 Å². The summed E-state index contributed by atoms with van der Waals surface area (Å²) >= 11 is 0. The van der Waals surface area contributed by atoms with Crippen LogP contribution in [0.3, 0.4) is 0 Å². The van der Waals surface area contributed by atoms with Gasteiger partial charge in [-0.2, -0.15) is 0 Å². The van der Waals surface area contributed by atoms with Crippen molar-refractivity contribution in [3.05, 3.63) is 89.7 Å². The van der Waals surface area contributed by atoms with E-state index in [1.165, 1.54) is 0 Å². The van der Waals surface area contributed by atoms with Crippen molar-refractivity contribution in [2.45, 2.75) is 6.92 Å². The first-order chi connectivity index (χ1) is 10.7. The molecule has 0 aliphatic carbocycles. The monoisotopic (exact) mass is 294 g/mol. The third kappa shape index (κ3) is 4.35. The summed E-state index contributed by atoms with van der Waals surface area (Å²) in [6.07, 6.45) is 2.84. The zero-order chi connectivity index (χ0) is 15.8. The summed E-state index contributed by atoms with van der Waals surface area (Å²) in [6, 6.07) is 19.7. The molecule has 2 aromatic rings. The summed E-state index contributed by atoms with van der Waals surface area (Å²) in [5.74, 6) is -0.696. The molecule has 1 N–H and O–H groups in total. The minimum atomic E-state index is -1.03. The van der Waals surface area contributed by atoms with Crippen molar-refractivity contribution >= 4 is 11.5 Å². The van der Waals surface area contributed by atoms with Gasteiger partial charge in [-0.25, -0.2) is 4.79 Å². The first-order valence-corrected chi connectivity index (χ1v) is 7.10. The lowest BCUT2D eigenvalue weighted by Crippen LogP contribution is -1.97. The lowest BCUT2D eigenvalue weighted by Gasteiger charge is -2.11. The number of rotatable bonds is 6. The Morgan fingerprint density at radius 1 is 0.955 bits per heavy atom. The summed E-state index contributed by atoms with van der Waals surface area (Å²) in [7, 11) is 0. The van der Waals surface area contributed by atoms with Gasteiger partial charge in [-0.15, -0.1) is 0 Å². The second-order valence-corrected chi connectivity index (χ2v) is 4.61. The molecule has 0 heterocycles. The van der Waals surface area contributed by atoms with Crippen molar-refractivity contribution in [3.8, 4) is 0 Å². The van der Waals surface area contributed by atoms with Crippen LogP contribution in [-0.2, 0) is 9.53 Å². The van der Waals surface area contributed by atoms with E-state index in [4.69, 9.17) is 9.84 Å². The van der Waals surface area contributed by atoms with Crippen LogP contribution in [0.1, 0.15) is 18.1 Å². The van der Waals surface area contributed by atoms with Crippen LogP contribution in [0.15, 0.2) is 78.6 Å². The van der Waals surface area contributed by atoms with Crippen LogP contribution in [0.2, 0.25) is 0 Å². The van der Waals surface area contributed by atoms with Crippen molar-refractivity contribution in [3.63, 3.8) is 0 Å². The molecule has 0 atom stereocenters. The number of benzene rings is 2. The van der Waals surface area contributed by atoms with Gasteiger partial charge in [0, 0.05) is 0 Å². The quantitative estimate of drug-likeness (QED) is 0.495. The van der Waals surface area contributed by atoms with Crippen LogP contribution >= 0.6 is 0 Å². The van der Waals surface area contributed by atoms with Crippen molar-refractivity contribution in [1.29, 1.82) is 0 Å². The molecule has 112 valence electrons. The van der Waals surface area contributed by atoms with E-state index in [1.807, 2.05) is 67.6 Å². The van der Waals surface area contributed by atoms with Gasteiger partial charge in [0.25, 0.3) is 0 Å². The molecule has 0 unspecified atom stereocenters. The average Bonchev–Trinajstić information content (AvgIpc) is 2.54. The van der Waals surface area contributed by atoms with Gasteiger partial charge >= 0.3 is 5.97 Å². The largest absolute Gasteiger partial charge is 0.494 e. The maximum absolute atomic E-state index is 11.0. The third-order valence-electron chi connectivity index (χ3n) is 3.03. The molecule has 0 fully saturated rings. The van der Waals surface area contributed by atoms with Crippen LogP contribution in [0.4, 0.5) is 0 Å². The van der Waals surface area contributed by atoms with E-state index in [-0.39, 0.29) is 0 Å². The summed E-state index contributed by atoms with van der Waals surface area (Å²) < 4.78 is 5.43. The highest BCUT2D eigenvalue weighted by Gasteiger charge is 2.07. The van der Waals surface area contributed by atoms with Gasteiger partial charge in [-0.05, 0) is 29.7 Å². The molecule has 3 nitrogen and oxygen atoms in total. The van der Waals surface area contributed by atoms with Gasteiger partial charge in [0.2, 0.25) is 0 Å². The highest BCUT2D eigenvalue weighted by atomic mass is 16.5. The summed E-state index contributed by atoms with van der Waals surface area (Å²) in [4.78, 5) is 11.0. The third-order valence-corrected chi connectivity index (χ3v) is 3.03. The van der Waals surface area contributed by atoms with E-state index in [1.54, 1.807) is 6.08 Å². The van der Waals surface area contributed by atoms with Crippen LogP contribution in [0.25, 0.3) is 5.57 Å². The van der Waals surface area contributed by atoms with Crippen LogP contribution in [0.5, 0.6) is 0 Å². The highest BCUT2D eigenvalue weighted by Crippen LogP contribution is 2.25. The number of ether oxygens (including phenoxy) is 1. The SMILES string of the molecule is CCO/C(C=C(c1ccccc1)c1ccccc1)=C/C(=O)O. The molecule has 2 rings (SSSR count). The molecular formula is C19H18O3. The molecule has 0 saturated heterocycles. The average molecular weight is 294 g/mol. The number of carboxylic acid groups (broad SMARTS) is 1. The zero-order valence-electron chi connectivity index (χ0n) is 12.4. The smallest absolute Gasteiger partial charge is 0.332 e. The normalized spacial score (nSPS) is 10.9. The van der Waals surface area contributed by atoms with Crippen molar-refractivity contribution in [1.82, 2.24) is 0 Å². The maximum atomic E-state index is 11.0. The van der Waals surface area contributed by atoms with Gasteiger partial charge in [0.15, 0.2) is 0 Å². The molecule has 0 aliphatic rings. The molecular weight excluding hydrogens is 276 g/mol.